The first kappa shape index (κ1) is 29.1. The molecule has 2 amide bonds. The van der Waals surface area contributed by atoms with Crippen molar-refractivity contribution in [1.82, 2.24) is 10.7 Å². The van der Waals surface area contributed by atoms with Crippen LogP contribution in [0.5, 0.6) is 23.0 Å². The van der Waals surface area contributed by atoms with Gasteiger partial charge in [0.05, 0.1) is 18.9 Å². The number of fused-ring (bicyclic) bond motifs is 1. The number of esters is 1. The van der Waals surface area contributed by atoms with E-state index in [-0.39, 0.29) is 24.0 Å². The van der Waals surface area contributed by atoms with Crippen molar-refractivity contribution in [2.24, 2.45) is 5.10 Å². The van der Waals surface area contributed by atoms with Crippen LogP contribution in [-0.4, -0.2) is 37.9 Å². The fourth-order valence-electron chi connectivity index (χ4n) is 3.97. The van der Waals surface area contributed by atoms with Gasteiger partial charge in [0, 0.05) is 10.0 Å². The molecule has 4 aromatic rings. The lowest BCUT2D eigenvalue weighted by molar-refractivity contribution is -0.117. The molecule has 0 fully saturated rings. The maximum atomic E-state index is 13.1. The number of nitrogens with zero attached hydrogens (tertiary/aromatic N) is 1. The zero-order valence-electron chi connectivity index (χ0n) is 22.7. The minimum atomic E-state index is -0.663. The smallest absolute Gasteiger partial charge is 0.344 e. The molecule has 11 heteroatoms. The number of methoxy groups -OCH3 is 1. The summed E-state index contributed by atoms with van der Waals surface area (Å²) in [4.78, 5) is 38.6. The molecule has 0 spiro atoms. The van der Waals surface area contributed by atoms with Gasteiger partial charge < -0.3 is 24.3 Å². The Bertz CT molecular complexity index is 1740. The summed E-state index contributed by atoms with van der Waals surface area (Å²) in [7, 11) is 1.44. The minimum Gasteiger partial charge on any atom is -0.493 e. The number of nitrogens with one attached hydrogen (secondary N) is 2. The van der Waals surface area contributed by atoms with Crippen molar-refractivity contribution in [3.05, 3.63) is 123 Å². The molecular weight excluding hydrogens is 618 g/mol. The van der Waals surface area contributed by atoms with Crippen LogP contribution >= 0.6 is 15.9 Å². The standard InChI is InChI=1S/C32H24BrN3O7/c1-40-28-17-21(12-14-27(28)43-32(39)23-9-5-6-10-24(23)33)18-34-36-31(38)25(35-30(37)22-7-3-2-4-8-22)15-20-11-13-26-29(16-20)42-19-41-26/h2-18H,19H2,1H3,(H,35,37)(H,36,38). The third kappa shape index (κ3) is 7.27. The fraction of sp³-hybridized carbons (Fsp3) is 0.0625. The van der Waals surface area contributed by atoms with Crippen molar-refractivity contribution >= 4 is 46.0 Å². The van der Waals surface area contributed by atoms with E-state index >= 15 is 0 Å². The van der Waals surface area contributed by atoms with Crippen LogP contribution < -0.4 is 29.7 Å². The lowest BCUT2D eigenvalue weighted by Crippen LogP contribution is -2.32. The lowest BCUT2D eigenvalue weighted by atomic mass is 10.1. The second-order valence-corrected chi connectivity index (χ2v) is 9.82. The Morgan fingerprint density at radius 2 is 1.60 bits per heavy atom. The fourth-order valence-corrected chi connectivity index (χ4v) is 4.41. The monoisotopic (exact) mass is 641 g/mol. The normalized spacial score (nSPS) is 12.1. The van der Waals surface area contributed by atoms with Crippen molar-refractivity contribution in [3.8, 4) is 23.0 Å². The molecule has 10 nitrogen and oxygen atoms in total. The number of hydrazone groups is 1. The number of ether oxygens (including phenoxy) is 4. The molecule has 0 atom stereocenters. The first-order valence-electron chi connectivity index (χ1n) is 12.9. The van der Waals surface area contributed by atoms with E-state index < -0.39 is 17.8 Å². The molecule has 1 aliphatic rings. The molecule has 0 unspecified atom stereocenters. The van der Waals surface area contributed by atoms with E-state index in [0.29, 0.717) is 38.2 Å². The number of benzene rings is 4. The number of hydrogen-bond acceptors (Lipinski definition) is 8. The summed E-state index contributed by atoms with van der Waals surface area (Å²) in [5, 5.41) is 6.69. The third-order valence-electron chi connectivity index (χ3n) is 6.10. The Morgan fingerprint density at radius 3 is 2.40 bits per heavy atom. The van der Waals surface area contributed by atoms with Gasteiger partial charge in [-0.1, -0.05) is 36.4 Å². The first-order valence-corrected chi connectivity index (χ1v) is 13.7. The van der Waals surface area contributed by atoms with Gasteiger partial charge in [0.25, 0.3) is 11.8 Å². The second kappa shape index (κ2) is 13.5. The Balaban J connectivity index is 1.31. The van der Waals surface area contributed by atoms with E-state index in [0.717, 1.165) is 0 Å². The maximum absolute atomic E-state index is 13.1. The Morgan fingerprint density at radius 1 is 0.860 bits per heavy atom. The summed E-state index contributed by atoms with van der Waals surface area (Å²) in [6, 6.07) is 25.4. The molecule has 5 rings (SSSR count). The van der Waals surface area contributed by atoms with Crippen LogP contribution in [0, 0.1) is 0 Å². The van der Waals surface area contributed by atoms with Crippen molar-refractivity contribution in [1.29, 1.82) is 0 Å². The van der Waals surface area contributed by atoms with Crippen molar-refractivity contribution in [2.75, 3.05) is 13.9 Å². The summed E-state index contributed by atoms with van der Waals surface area (Å²) in [5.74, 6) is -0.0751. The van der Waals surface area contributed by atoms with E-state index in [4.69, 9.17) is 18.9 Å². The van der Waals surface area contributed by atoms with Crippen molar-refractivity contribution in [2.45, 2.75) is 0 Å². The van der Waals surface area contributed by atoms with Crippen LogP contribution in [0.25, 0.3) is 6.08 Å². The molecule has 0 aromatic heterocycles. The van der Waals surface area contributed by atoms with Gasteiger partial charge in [-0.05, 0) is 87.7 Å². The molecule has 0 radical (unpaired) electrons. The van der Waals surface area contributed by atoms with Crippen LogP contribution in [0.4, 0.5) is 0 Å². The quantitative estimate of drug-likeness (QED) is 0.0832. The summed E-state index contributed by atoms with van der Waals surface area (Å²) in [6.07, 6.45) is 2.89. The molecule has 43 heavy (non-hydrogen) atoms. The van der Waals surface area contributed by atoms with E-state index in [9.17, 15) is 14.4 Å². The number of amides is 2. The van der Waals surface area contributed by atoms with E-state index in [1.807, 2.05) is 0 Å². The SMILES string of the molecule is COc1cc(C=NNC(=O)C(=Cc2ccc3c(c2)OCO3)NC(=O)c2ccccc2)ccc1OC(=O)c1ccccc1Br. The molecule has 1 aliphatic heterocycles. The van der Waals surface area contributed by atoms with Gasteiger partial charge in [-0.2, -0.15) is 5.10 Å². The summed E-state index contributed by atoms with van der Waals surface area (Å²) in [6.45, 7) is 0.105. The molecule has 0 aliphatic carbocycles. The number of carbonyl (C=O) groups is 3. The van der Waals surface area contributed by atoms with Gasteiger partial charge in [-0.3, -0.25) is 9.59 Å². The Labute approximate surface area is 255 Å². The minimum absolute atomic E-state index is 0.0446. The van der Waals surface area contributed by atoms with Gasteiger partial charge in [0.2, 0.25) is 6.79 Å². The van der Waals surface area contributed by atoms with Gasteiger partial charge >= 0.3 is 5.97 Å². The van der Waals surface area contributed by atoms with Gasteiger partial charge in [0.15, 0.2) is 23.0 Å². The van der Waals surface area contributed by atoms with Gasteiger partial charge in [0.1, 0.15) is 5.70 Å². The van der Waals surface area contributed by atoms with Crippen LogP contribution in [-0.2, 0) is 4.79 Å². The average molecular weight is 642 g/mol. The number of hydrogen-bond donors (Lipinski definition) is 2. The highest BCUT2D eigenvalue weighted by atomic mass is 79.9. The molecule has 0 saturated heterocycles. The topological polar surface area (TPSA) is 125 Å². The van der Waals surface area contributed by atoms with E-state index in [1.165, 1.54) is 19.4 Å². The average Bonchev–Trinajstić information content (AvgIpc) is 3.50. The molecule has 0 bridgehead atoms. The summed E-state index contributed by atoms with van der Waals surface area (Å²) < 4.78 is 22.3. The molecule has 0 saturated carbocycles. The van der Waals surface area contributed by atoms with Crippen molar-refractivity contribution in [3.63, 3.8) is 0 Å². The molecular formula is C32H24BrN3O7. The van der Waals surface area contributed by atoms with Gasteiger partial charge in [-0.15, -0.1) is 0 Å². The maximum Gasteiger partial charge on any atom is 0.344 e. The van der Waals surface area contributed by atoms with E-state index in [2.05, 4.69) is 31.8 Å². The van der Waals surface area contributed by atoms with Crippen LogP contribution in [0.1, 0.15) is 31.8 Å². The van der Waals surface area contributed by atoms with Crippen LogP contribution in [0.15, 0.2) is 106 Å². The first-order chi connectivity index (χ1) is 20.9. The Hall–Kier alpha value is -5.42. The highest BCUT2D eigenvalue weighted by molar-refractivity contribution is 9.10. The van der Waals surface area contributed by atoms with Crippen molar-refractivity contribution < 1.29 is 33.3 Å². The predicted octanol–water partition coefficient (Wildman–Crippen LogP) is 5.33. The second-order valence-electron chi connectivity index (χ2n) is 8.97. The number of halogens is 1. The molecule has 2 N–H and O–H groups in total. The highest BCUT2D eigenvalue weighted by Gasteiger charge is 2.18. The predicted molar refractivity (Wildman–Crippen MR) is 162 cm³/mol. The third-order valence-corrected chi connectivity index (χ3v) is 6.79. The lowest BCUT2D eigenvalue weighted by Gasteiger charge is -2.11. The van der Waals surface area contributed by atoms with E-state index in [1.54, 1.807) is 91.0 Å². The Kier molecular flexibility index (Phi) is 9.13. The molecule has 1 heterocycles. The zero-order valence-corrected chi connectivity index (χ0v) is 24.3. The number of carbonyl (C=O) groups excluding carboxylic acids is 3. The van der Waals surface area contributed by atoms with Crippen LogP contribution in [0.2, 0.25) is 0 Å². The zero-order chi connectivity index (χ0) is 30.2. The number of rotatable bonds is 9. The van der Waals surface area contributed by atoms with Crippen LogP contribution in [0.3, 0.4) is 0 Å². The highest BCUT2D eigenvalue weighted by Crippen LogP contribution is 2.33. The molecule has 216 valence electrons. The largest absolute Gasteiger partial charge is 0.493 e. The summed E-state index contributed by atoms with van der Waals surface area (Å²) >= 11 is 3.34. The van der Waals surface area contributed by atoms with Gasteiger partial charge in [-0.25, -0.2) is 10.2 Å². The molecule has 4 aromatic carbocycles. The summed E-state index contributed by atoms with van der Waals surface area (Å²) in [5.41, 5.74) is 4.28.